The summed E-state index contributed by atoms with van der Waals surface area (Å²) in [4.78, 5) is 0. The molecule has 0 aromatic heterocycles. The molecule has 0 saturated heterocycles. The van der Waals surface area contributed by atoms with Crippen LogP contribution < -0.4 is 5.32 Å². The largest absolute Gasteiger partial charge is 0.390 e. The van der Waals surface area contributed by atoms with Crippen LogP contribution in [0.4, 0.5) is 0 Å². The van der Waals surface area contributed by atoms with Gasteiger partial charge >= 0.3 is 0 Å². The molecule has 0 aromatic rings. The van der Waals surface area contributed by atoms with E-state index in [0.29, 0.717) is 6.61 Å². The Kier molecular flexibility index (Phi) is 4.67. The van der Waals surface area contributed by atoms with E-state index >= 15 is 0 Å². The minimum atomic E-state index is 0.614. The van der Waals surface area contributed by atoms with E-state index < -0.39 is 0 Å². The maximum absolute atomic E-state index is 4.92. The molecule has 0 rings (SSSR count). The van der Waals surface area contributed by atoms with Gasteiger partial charge in [-0.15, -0.1) is 0 Å². The molecule has 1 N–H and O–H groups in total. The first-order valence-corrected chi connectivity index (χ1v) is 3.23. The van der Waals surface area contributed by atoms with Crippen molar-refractivity contribution in [3.63, 3.8) is 0 Å². The number of hydrogen-bond donors (Lipinski definition) is 1. The molecule has 2 heteroatoms. The molecule has 0 bridgehead atoms. The van der Waals surface area contributed by atoms with Gasteiger partial charge in [0.25, 0.3) is 0 Å². The predicted molar refractivity (Wildman–Crippen MR) is 43.8 cm³/mol. The Balaban J connectivity index is 3.91. The fraction of sp³-hybridized carbons (Fsp3) is 0.500. The first-order chi connectivity index (χ1) is 4.70. The molecule has 2 nitrogen and oxygen atoms in total. The topological polar surface area (TPSA) is 21.3 Å². The molecular formula is C8H15NO. The molecule has 0 amide bonds. The van der Waals surface area contributed by atoms with Gasteiger partial charge in [0, 0.05) is 19.9 Å². The number of nitrogens with one attached hydrogen (secondary N) is 1. The van der Waals surface area contributed by atoms with E-state index in [9.17, 15) is 0 Å². The maximum atomic E-state index is 4.92. The zero-order chi connectivity index (χ0) is 7.98. The van der Waals surface area contributed by atoms with Crippen molar-refractivity contribution in [2.75, 3.05) is 20.8 Å². The summed E-state index contributed by atoms with van der Waals surface area (Å²) in [6, 6.07) is 0. The summed E-state index contributed by atoms with van der Waals surface area (Å²) >= 11 is 0. The van der Waals surface area contributed by atoms with Crippen molar-refractivity contribution in [3.8, 4) is 0 Å². The van der Waals surface area contributed by atoms with Crippen LogP contribution in [0.3, 0.4) is 0 Å². The molecule has 0 unspecified atom stereocenters. The number of rotatable bonds is 4. The van der Waals surface area contributed by atoms with Crippen molar-refractivity contribution in [1.29, 1.82) is 0 Å². The lowest BCUT2D eigenvalue weighted by Gasteiger charge is -2.04. The second-order valence-electron chi connectivity index (χ2n) is 2.20. The zero-order valence-corrected chi connectivity index (χ0v) is 6.90. The highest BCUT2D eigenvalue weighted by Gasteiger charge is 1.89. The quantitative estimate of drug-likeness (QED) is 0.596. The Morgan fingerprint density at radius 1 is 1.70 bits per heavy atom. The van der Waals surface area contributed by atoms with Gasteiger partial charge in [0.05, 0.1) is 6.61 Å². The van der Waals surface area contributed by atoms with Crippen LogP contribution in [0.25, 0.3) is 0 Å². The van der Waals surface area contributed by atoms with E-state index in [1.54, 1.807) is 7.11 Å². The third-order valence-electron chi connectivity index (χ3n) is 1.04. The summed E-state index contributed by atoms with van der Waals surface area (Å²) in [6.07, 6.45) is 1.96. The number of ether oxygens (including phenoxy) is 1. The van der Waals surface area contributed by atoms with Gasteiger partial charge in [0.1, 0.15) is 0 Å². The highest BCUT2D eigenvalue weighted by molar-refractivity contribution is 5.17. The lowest BCUT2D eigenvalue weighted by atomic mass is 10.3. The van der Waals surface area contributed by atoms with Gasteiger partial charge < -0.3 is 10.1 Å². The van der Waals surface area contributed by atoms with E-state index in [1.165, 1.54) is 0 Å². The van der Waals surface area contributed by atoms with E-state index in [2.05, 4.69) is 11.9 Å². The van der Waals surface area contributed by atoms with Crippen molar-refractivity contribution in [1.82, 2.24) is 5.32 Å². The smallest absolute Gasteiger partial charge is 0.0858 e. The van der Waals surface area contributed by atoms with Crippen LogP contribution in [0.1, 0.15) is 6.92 Å². The second-order valence-corrected chi connectivity index (χ2v) is 2.20. The minimum Gasteiger partial charge on any atom is -0.390 e. The Hall–Kier alpha value is -0.760. The summed E-state index contributed by atoms with van der Waals surface area (Å²) < 4.78 is 4.92. The zero-order valence-electron chi connectivity index (χ0n) is 6.90. The summed E-state index contributed by atoms with van der Waals surface area (Å²) in [5, 5.41) is 3.01. The van der Waals surface area contributed by atoms with Gasteiger partial charge in [-0.1, -0.05) is 12.2 Å². The lowest BCUT2D eigenvalue weighted by molar-refractivity contribution is 0.221. The number of methoxy groups -OCH3 is 1. The average molecular weight is 141 g/mol. The summed E-state index contributed by atoms with van der Waals surface area (Å²) in [5.74, 6) is 0. The van der Waals surface area contributed by atoms with Crippen molar-refractivity contribution in [2.24, 2.45) is 0 Å². The van der Waals surface area contributed by atoms with Crippen molar-refractivity contribution in [3.05, 3.63) is 23.9 Å². The molecule has 0 atom stereocenters. The molecule has 0 heterocycles. The molecule has 58 valence electrons. The first kappa shape index (κ1) is 9.24. The van der Waals surface area contributed by atoms with Crippen LogP contribution in [-0.4, -0.2) is 20.8 Å². The maximum Gasteiger partial charge on any atom is 0.0858 e. The summed E-state index contributed by atoms with van der Waals surface area (Å²) in [5.41, 5.74) is 2.08. The highest BCUT2D eigenvalue weighted by Crippen LogP contribution is 1.95. The van der Waals surface area contributed by atoms with E-state index in [4.69, 9.17) is 4.74 Å². The molecule has 0 radical (unpaired) electrons. The first-order valence-electron chi connectivity index (χ1n) is 3.23. The third kappa shape index (κ3) is 4.15. The Bertz CT molecular complexity index is 138. The number of allylic oxidation sites excluding steroid dienone is 2. The molecule has 0 aliphatic rings. The van der Waals surface area contributed by atoms with Crippen LogP contribution in [0, 0.1) is 0 Å². The van der Waals surface area contributed by atoms with E-state index in [1.807, 2.05) is 20.0 Å². The van der Waals surface area contributed by atoms with Gasteiger partial charge in [-0.25, -0.2) is 0 Å². The lowest BCUT2D eigenvalue weighted by Crippen LogP contribution is -2.10. The average Bonchev–Trinajstić information content (AvgIpc) is 1.86. The Morgan fingerprint density at radius 3 is 2.60 bits per heavy atom. The standard InChI is InChI=1S/C8H15NO/c1-7(2)5-8(9-3)6-10-4/h5,9H,1,6H2,2-4H3/b8-5+. The SMILES string of the molecule is C=C(C)/C=C(\COC)NC. The van der Waals surface area contributed by atoms with Crippen molar-refractivity contribution in [2.45, 2.75) is 6.92 Å². The van der Waals surface area contributed by atoms with Crippen LogP contribution in [0.2, 0.25) is 0 Å². The molecule has 0 spiro atoms. The van der Waals surface area contributed by atoms with Gasteiger partial charge in [-0.2, -0.15) is 0 Å². The van der Waals surface area contributed by atoms with Crippen molar-refractivity contribution < 1.29 is 4.74 Å². The molecule has 0 aromatic carbocycles. The molecule has 10 heavy (non-hydrogen) atoms. The van der Waals surface area contributed by atoms with Crippen LogP contribution in [0.5, 0.6) is 0 Å². The van der Waals surface area contributed by atoms with Gasteiger partial charge in [0.2, 0.25) is 0 Å². The van der Waals surface area contributed by atoms with Crippen LogP contribution in [0.15, 0.2) is 23.9 Å². The van der Waals surface area contributed by atoms with Gasteiger partial charge in [-0.3, -0.25) is 0 Å². The van der Waals surface area contributed by atoms with Gasteiger partial charge in [-0.05, 0) is 13.0 Å². The summed E-state index contributed by atoms with van der Waals surface area (Å²) in [6.45, 7) is 6.32. The Labute approximate surface area is 62.6 Å². The van der Waals surface area contributed by atoms with E-state index in [0.717, 1.165) is 11.3 Å². The number of hydrogen-bond acceptors (Lipinski definition) is 2. The summed E-state index contributed by atoms with van der Waals surface area (Å²) in [7, 11) is 3.54. The van der Waals surface area contributed by atoms with E-state index in [-0.39, 0.29) is 0 Å². The van der Waals surface area contributed by atoms with Crippen LogP contribution >= 0.6 is 0 Å². The fourth-order valence-corrected chi connectivity index (χ4v) is 0.639. The fourth-order valence-electron chi connectivity index (χ4n) is 0.639. The number of likely N-dealkylation sites (N-methyl/N-ethyl adjacent to an activating group) is 1. The monoisotopic (exact) mass is 141 g/mol. The van der Waals surface area contributed by atoms with Gasteiger partial charge in [0.15, 0.2) is 0 Å². The molecule has 0 fully saturated rings. The molecule has 0 aliphatic heterocycles. The predicted octanol–water partition coefficient (Wildman–Crippen LogP) is 1.31. The molecule has 0 saturated carbocycles. The third-order valence-corrected chi connectivity index (χ3v) is 1.04. The highest BCUT2D eigenvalue weighted by atomic mass is 16.5. The Morgan fingerprint density at radius 2 is 2.30 bits per heavy atom. The van der Waals surface area contributed by atoms with Crippen molar-refractivity contribution >= 4 is 0 Å². The second kappa shape index (κ2) is 5.06. The normalized spacial score (nSPS) is 11.3. The molecule has 0 aliphatic carbocycles. The minimum absolute atomic E-state index is 0.614. The van der Waals surface area contributed by atoms with Crippen LogP contribution in [-0.2, 0) is 4.74 Å². The molecular weight excluding hydrogens is 126 g/mol.